The van der Waals surface area contributed by atoms with Crippen molar-refractivity contribution in [2.75, 3.05) is 13.2 Å². The van der Waals surface area contributed by atoms with Crippen molar-refractivity contribution in [3.8, 4) is 0 Å². The van der Waals surface area contributed by atoms with Crippen LogP contribution in [0, 0.1) is 5.41 Å². The molecule has 14 heavy (non-hydrogen) atoms. The fourth-order valence-corrected chi connectivity index (χ4v) is 0.542. The lowest BCUT2D eigenvalue weighted by atomic mass is 10.4. The van der Waals surface area contributed by atoms with Crippen LogP contribution in [0.15, 0.2) is 0 Å². The number of carbonyl (C=O) groups excluding carboxylic acids is 3. The normalized spacial score (nSPS) is 7.57. The smallest absolute Gasteiger partial charge is 0.317 e. The van der Waals surface area contributed by atoms with Crippen molar-refractivity contribution in [3.05, 3.63) is 0 Å². The van der Waals surface area contributed by atoms with Gasteiger partial charge in [0.1, 0.15) is 6.42 Å². The number of nitrogens with one attached hydrogen (secondary N) is 1. The van der Waals surface area contributed by atoms with Crippen LogP contribution in [0.1, 0.15) is 20.3 Å². The zero-order valence-electron chi connectivity index (χ0n) is 8.16. The monoisotopic (exact) mass is 203 g/mol. The Morgan fingerprint density at radius 2 is 1.43 bits per heavy atom. The molecular formula is C8H13NO5. The van der Waals surface area contributed by atoms with Gasteiger partial charge < -0.3 is 9.47 Å². The van der Waals surface area contributed by atoms with Crippen molar-refractivity contribution < 1.29 is 23.9 Å². The molecule has 0 aliphatic carbocycles. The largest absolute Gasteiger partial charge is 0.466 e. The van der Waals surface area contributed by atoms with Gasteiger partial charge in [0.15, 0.2) is 0 Å². The highest BCUT2D eigenvalue weighted by Gasteiger charge is 2.09. The summed E-state index contributed by atoms with van der Waals surface area (Å²) in [5.41, 5.74) is 0. The number of rotatable bonds is 4. The lowest BCUT2D eigenvalue weighted by Crippen LogP contribution is -2.13. The third kappa shape index (κ3) is 12.9. The van der Waals surface area contributed by atoms with Gasteiger partial charge in [-0.3, -0.25) is 9.59 Å². The van der Waals surface area contributed by atoms with Gasteiger partial charge in [-0.05, 0) is 13.8 Å². The van der Waals surface area contributed by atoms with E-state index in [0.29, 0.717) is 0 Å². The molecule has 0 saturated carbocycles. The second-order valence-corrected chi connectivity index (χ2v) is 1.89. The van der Waals surface area contributed by atoms with Gasteiger partial charge in [0.25, 0.3) is 0 Å². The molecule has 0 saturated heterocycles. The van der Waals surface area contributed by atoms with E-state index < -0.39 is 11.9 Å². The molecule has 0 atom stereocenters. The van der Waals surface area contributed by atoms with Crippen molar-refractivity contribution in [1.29, 1.82) is 5.41 Å². The van der Waals surface area contributed by atoms with Gasteiger partial charge in [-0.15, -0.1) is 0 Å². The summed E-state index contributed by atoms with van der Waals surface area (Å²) in [5, 5.41) is 5.40. The molecule has 6 heteroatoms. The summed E-state index contributed by atoms with van der Waals surface area (Å²) in [7, 11) is 0. The van der Waals surface area contributed by atoms with Crippen LogP contribution < -0.4 is 0 Å². The maximum atomic E-state index is 10.6. The quantitative estimate of drug-likeness (QED) is 0.309. The van der Waals surface area contributed by atoms with Crippen LogP contribution in [0.25, 0.3) is 0 Å². The summed E-state index contributed by atoms with van der Waals surface area (Å²) in [6.45, 7) is 3.95. The zero-order valence-corrected chi connectivity index (χ0v) is 8.16. The van der Waals surface area contributed by atoms with E-state index in [1.54, 1.807) is 13.8 Å². The molecule has 0 amide bonds. The standard InChI is InChI=1S/C7H12O4.CHNO/c1-3-10-6(8)5-7(9)11-4-2;2-1-3/h3-5H2,1-2H3;2H. The first-order chi connectivity index (χ1) is 6.62. The van der Waals surface area contributed by atoms with Crippen molar-refractivity contribution in [3.63, 3.8) is 0 Å². The highest BCUT2D eigenvalue weighted by Crippen LogP contribution is 1.89. The summed E-state index contributed by atoms with van der Waals surface area (Å²) in [4.78, 5) is 29.6. The van der Waals surface area contributed by atoms with Gasteiger partial charge >= 0.3 is 11.9 Å². The molecule has 6 nitrogen and oxygen atoms in total. The number of hydrogen-bond donors (Lipinski definition) is 1. The fraction of sp³-hybridized carbons (Fsp3) is 0.625. The molecule has 0 rings (SSSR count). The SMILES string of the molecule is CCOC(=O)CC(=O)OCC.N=C=O. The van der Waals surface area contributed by atoms with Crippen molar-refractivity contribution >= 4 is 18.0 Å². The second kappa shape index (κ2) is 11.3. The number of hydrogen-bond acceptors (Lipinski definition) is 6. The van der Waals surface area contributed by atoms with E-state index in [4.69, 9.17) is 10.2 Å². The van der Waals surface area contributed by atoms with Gasteiger partial charge in [0.05, 0.1) is 13.2 Å². The molecule has 0 aromatic heterocycles. The molecule has 80 valence electrons. The maximum absolute atomic E-state index is 10.6. The van der Waals surface area contributed by atoms with E-state index >= 15 is 0 Å². The molecule has 0 radical (unpaired) electrons. The van der Waals surface area contributed by atoms with Crippen LogP contribution >= 0.6 is 0 Å². The lowest BCUT2D eigenvalue weighted by Gasteiger charge is -2.00. The maximum Gasteiger partial charge on any atom is 0.317 e. The van der Waals surface area contributed by atoms with E-state index in [1.165, 1.54) is 0 Å². The molecule has 0 aromatic carbocycles. The fourth-order valence-electron chi connectivity index (χ4n) is 0.542. The average Bonchev–Trinajstić information content (AvgIpc) is 2.05. The van der Waals surface area contributed by atoms with Crippen molar-refractivity contribution in [2.24, 2.45) is 0 Å². The molecule has 1 N–H and O–H groups in total. The predicted octanol–water partition coefficient (Wildman–Crippen LogP) is 0.404. The summed E-state index contributed by atoms with van der Waals surface area (Å²) in [5.74, 6) is -1.07. The number of isocyanates is 1. The average molecular weight is 203 g/mol. The molecule has 0 spiro atoms. The third-order valence-corrected chi connectivity index (χ3v) is 0.899. The van der Waals surface area contributed by atoms with Gasteiger partial charge in [-0.2, -0.15) is 0 Å². The minimum atomic E-state index is -0.536. The minimum absolute atomic E-state index is 0.290. The van der Waals surface area contributed by atoms with Crippen molar-refractivity contribution in [2.45, 2.75) is 20.3 Å². The molecule has 0 bridgehead atoms. The van der Waals surface area contributed by atoms with Crippen LogP contribution in [-0.2, 0) is 23.9 Å². The first-order valence-corrected chi connectivity index (χ1v) is 3.97. The van der Waals surface area contributed by atoms with Gasteiger partial charge in [-0.1, -0.05) is 0 Å². The Morgan fingerprint density at radius 3 is 1.64 bits per heavy atom. The Labute approximate surface area is 81.7 Å². The Kier molecular flexibility index (Phi) is 12.0. The van der Waals surface area contributed by atoms with Gasteiger partial charge in [-0.25, -0.2) is 10.2 Å². The zero-order chi connectivity index (χ0) is 11.4. The highest BCUT2D eigenvalue weighted by atomic mass is 16.5. The van der Waals surface area contributed by atoms with Gasteiger partial charge in [0, 0.05) is 0 Å². The number of carbonyl (C=O) groups is 2. The van der Waals surface area contributed by atoms with E-state index in [0.717, 1.165) is 6.08 Å². The van der Waals surface area contributed by atoms with Crippen LogP contribution in [0.3, 0.4) is 0 Å². The number of esters is 2. The van der Waals surface area contributed by atoms with E-state index in [1.807, 2.05) is 0 Å². The predicted molar refractivity (Wildman–Crippen MR) is 46.3 cm³/mol. The van der Waals surface area contributed by atoms with Gasteiger partial charge in [0.2, 0.25) is 6.08 Å². The van der Waals surface area contributed by atoms with E-state index in [2.05, 4.69) is 9.47 Å². The van der Waals surface area contributed by atoms with Crippen LogP contribution in [0.4, 0.5) is 0 Å². The number of ether oxygens (including phenoxy) is 2. The summed E-state index contributed by atoms with van der Waals surface area (Å²) in [6.07, 6.45) is 0.460. The van der Waals surface area contributed by atoms with Crippen LogP contribution in [0.2, 0.25) is 0 Å². The highest BCUT2D eigenvalue weighted by molar-refractivity contribution is 5.91. The topological polar surface area (TPSA) is 93.5 Å². The minimum Gasteiger partial charge on any atom is -0.466 e. The molecule has 0 fully saturated rings. The molecule has 0 heterocycles. The lowest BCUT2D eigenvalue weighted by molar-refractivity contribution is -0.153. The first kappa shape index (κ1) is 14.8. The van der Waals surface area contributed by atoms with Crippen LogP contribution in [0.5, 0.6) is 0 Å². The Bertz CT molecular complexity index is 192. The summed E-state index contributed by atoms with van der Waals surface area (Å²) >= 11 is 0. The van der Waals surface area contributed by atoms with Crippen molar-refractivity contribution in [1.82, 2.24) is 0 Å². The molecule has 0 aliphatic heterocycles. The summed E-state index contributed by atoms with van der Waals surface area (Å²) < 4.78 is 9.04. The Balaban J connectivity index is 0. The molecular weight excluding hydrogens is 190 g/mol. The summed E-state index contributed by atoms with van der Waals surface area (Å²) in [6, 6.07) is 0. The first-order valence-electron chi connectivity index (χ1n) is 3.97. The Morgan fingerprint density at radius 1 is 1.14 bits per heavy atom. The van der Waals surface area contributed by atoms with E-state index in [-0.39, 0.29) is 19.6 Å². The second-order valence-electron chi connectivity index (χ2n) is 1.89. The third-order valence-electron chi connectivity index (χ3n) is 0.899. The molecule has 0 aliphatic rings. The molecule has 0 unspecified atom stereocenters. The van der Waals surface area contributed by atoms with Crippen LogP contribution in [-0.4, -0.2) is 31.2 Å². The van der Waals surface area contributed by atoms with E-state index in [9.17, 15) is 9.59 Å². The Hall–Kier alpha value is -1.68. The molecule has 0 aromatic rings.